The molecule has 2 N–H and O–H groups in total. The van der Waals surface area contributed by atoms with Crippen LogP contribution in [-0.4, -0.2) is 29.9 Å². The Morgan fingerprint density at radius 3 is 2.20 bits per heavy atom. The summed E-state index contributed by atoms with van der Waals surface area (Å²) in [6.45, 7) is 7.99. The van der Waals surface area contributed by atoms with Crippen LogP contribution >= 0.6 is 0 Å². The van der Waals surface area contributed by atoms with Gasteiger partial charge in [-0.05, 0) is 32.6 Å². The molecule has 0 rings (SSSR count). The molecule has 0 heterocycles. The predicted octanol–water partition coefficient (Wildman–Crippen LogP) is 2.15. The van der Waals surface area contributed by atoms with Crippen molar-refractivity contribution < 1.29 is 4.79 Å². The second-order valence-corrected chi connectivity index (χ2v) is 4.25. The van der Waals surface area contributed by atoms with Crippen molar-refractivity contribution in [2.45, 2.75) is 58.9 Å². The molecule has 1 unspecified atom stereocenters. The molecule has 0 aromatic heterocycles. The van der Waals surface area contributed by atoms with Gasteiger partial charge in [-0.25, -0.2) is 0 Å². The van der Waals surface area contributed by atoms with Crippen molar-refractivity contribution in [3.8, 4) is 0 Å². The topological polar surface area (TPSA) is 46.3 Å². The molecule has 0 saturated carbocycles. The molecule has 3 nitrogen and oxygen atoms in total. The van der Waals surface area contributed by atoms with Crippen LogP contribution in [0.15, 0.2) is 0 Å². The van der Waals surface area contributed by atoms with E-state index in [0.29, 0.717) is 12.3 Å². The van der Waals surface area contributed by atoms with Crippen LogP contribution in [0.25, 0.3) is 0 Å². The standard InChI is InChI=1S/C12H26N2O/c1-4-9-14(10-5-2)12(15)8-6-7-11(3)13/h11H,4-10,13H2,1-3H3. The van der Waals surface area contributed by atoms with Crippen LogP contribution in [0.4, 0.5) is 0 Å². The Morgan fingerprint density at radius 1 is 1.27 bits per heavy atom. The van der Waals surface area contributed by atoms with Gasteiger partial charge in [0.25, 0.3) is 0 Å². The van der Waals surface area contributed by atoms with Crippen LogP contribution in [0, 0.1) is 0 Å². The van der Waals surface area contributed by atoms with Gasteiger partial charge in [0.05, 0.1) is 0 Å². The number of rotatable bonds is 8. The zero-order chi connectivity index (χ0) is 11.7. The highest BCUT2D eigenvalue weighted by atomic mass is 16.2. The van der Waals surface area contributed by atoms with Crippen molar-refractivity contribution in [2.24, 2.45) is 5.73 Å². The molecule has 0 aliphatic heterocycles. The van der Waals surface area contributed by atoms with Gasteiger partial charge in [-0.3, -0.25) is 4.79 Å². The number of hydrogen-bond donors (Lipinski definition) is 1. The van der Waals surface area contributed by atoms with E-state index >= 15 is 0 Å². The zero-order valence-corrected chi connectivity index (χ0v) is 10.5. The lowest BCUT2D eigenvalue weighted by atomic mass is 10.1. The maximum absolute atomic E-state index is 11.8. The minimum Gasteiger partial charge on any atom is -0.343 e. The Morgan fingerprint density at radius 2 is 1.80 bits per heavy atom. The molecule has 0 aliphatic rings. The van der Waals surface area contributed by atoms with Crippen LogP contribution in [0.2, 0.25) is 0 Å². The Hall–Kier alpha value is -0.570. The second-order valence-electron chi connectivity index (χ2n) is 4.25. The van der Waals surface area contributed by atoms with Gasteiger partial charge in [-0.2, -0.15) is 0 Å². The van der Waals surface area contributed by atoms with Gasteiger partial charge in [0.15, 0.2) is 0 Å². The van der Waals surface area contributed by atoms with E-state index < -0.39 is 0 Å². The Bertz CT molecular complexity index is 163. The average molecular weight is 214 g/mol. The molecule has 0 aromatic carbocycles. The summed E-state index contributed by atoms with van der Waals surface area (Å²) in [5.74, 6) is 0.291. The van der Waals surface area contributed by atoms with Crippen LogP contribution in [0.5, 0.6) is 0 Å². The van der Waals surface area contributed by atoms with E-state index in [9.17, 15) is 4.79 Å². The molecule has 90 valence electrons. The Balaban J connectivity index is 3.80. The fraction of sp³-hybridized carbons (Fsp3) is 0.917. The monoisotopic (exact) mass is 214 g/mol. The third-order valence-corrected chi connectivity index (χ3v) is 2.39. The molecule has 1 atom stereocenters. The number of nitrogens with zero attached hydrogens (tertiary/aromatic N) is 1. The lowest BCUT2D eigenvalue weighted by Gasteiger charge is -2.21. The average Bonchev–Trinajstić information content (AvgIpc) is 2.16. The fourth-order valence-electron chi connectivity index (χ4n) is 1.63. The first-order valence-corrected chi connectivity index (χ1v) is 6.15. The van der Waals surface area contributed by atoms with Gasteiger partial charge in [-0.15, -0.1) is 0 Å². The molecule has 0 bridgehead atoms. The van der Waals surface area contributed by atoms with Gasteiger partial charge < -0.3 is 10.6 Å². The van der Waals surface area contributed by atoms with Crippen molar-refractivity contribution in [1.82, 2.24) is 4.90 Å². The first kappa shape index (κ1) is 14.4. The summed E-state index contributed by atoms with van der Waals surface area (Å²) in [5, 5.41) is 0. The lowest BCUT2D eigenvalue weighted by molar-refractivity contribution is -0.131. The summed E-state index contributed by atoms with van der Waals surface area (Å²) in [6.07, 6.45) is 4.60. The number of hydrogen-bond acceptors (Lipinski definition) is 2. The lowest BCUT2D eigenvalue weighted by Crippen LogP contribution is -2.32. The summed E-state index contributed by atoms with van der Waals surface area (Å²) >= 11 is 0. The molecule has 0 saturated heterocycles. The van der Waals surface area contributed by atoms with Crippen LogP contribution in [0.3, 0.4) is 0 Å². The molecule has 3 heteroatoms. The van der Waals surface area contributed by atoms with E-state index in [2.05, 4.69) is 13.8 Å². The van der Waals surface area contributed by atoms with E-state index in [-0.39, 0.29) is 6.04 Å². The minimum atomic E-state index is 0.212. The van der Waals surface area contributed by atoms with Gasteiger partial charge in [0.1, 0.15) is 0 Å². The van der Waals surface area contributed by atoms with Crippen molar-refractivity contribution in [1.29, 1.82) is 0 Å². The molecule has 15 heavy (non-hydrogen) atoms. The summed E-state index contributed by atoms with van der Waals surface area (Å²) < 4.78 is 0. The fourth-order valence-corrected chi connectivity index (χ4v) is 1.63. The third-order valence-electron chi connectivity index (χ3n) is 2.39. The predicted molar refractivity (Wildman–Crippen MR) is 64.7 cm³/mol. The summed E-state index contributed by atoms with van der Waals surface area (Å²) in [6, 6.07) is 0.212. The molecule has 0 radical (unpaired) electrons. The number of carbonyl (C=O) groups excluding carboxylic acids is 1. The van der Waals surface area contributed by atoms with Crippen LogP contribution in [-0.2, 0) is 4.79 Å². The Labute approximate surface area is 94.0 Å². The first-order valence-electron chi connectivity index (χ1n) is 6.15. The molecule has 0 aliphatic carbocycles. The highest BCUT2D eigenvalue weighted by molar-refractivity contribution is 5.76. The molecule has 0 spiro atoms. The smallest absolute Gasteiger partial charge is 0.222 e. The summed E-state index contributed by atoms with van der Waals surface area (Å²) in [4.78, 5) is 13.8. The maximum Gasteiger partial charge on any atom is 0.222 e. The molecule has 0 fully saturated rings. The molecule has 0 aromatic rings. The van der Waals surface area contributed by atoms with E-state index in [1.54, 1.807) is 0 Å². The van der Waals surface area contributed by atoms with E-state index in [0.717, 1.165) is 38.8 Å². The van der Waals surface area contributed by atoms with Crippen molar-refractivity contribution in [3.63, 3.8) is 0 Å². The van der Waals surface area contributed by atoms with Crippen LogP contribution in [0.1, 0.15) is 52.9 Å². The molecular weight excluding hydrogens is 188 g/mol. The van der Waals surface area contributed by atoms with Gasteiger partial charge >= 0.3 is 0 Å². The maximum atomic E-state index is 11.8. The zero-order valence-electron chi connectivity index (χ0n) is 10.5. The van der Waals surface area contributed by atoms with E-state index in [4.69, 9.17) is 5.73 Å². The third kappa shape index (κ3) is 7.37. The summed E-state index contributed by atoms with van der Waals surface area (Å²) in [5.41, 5.74) is 5.65. The van der Waals surface area contributed by atoms with Crippen LogP contribution < -0.4 is 5.73 Å². The number of carbonyl (C=O) groups is 1. The van der Waals surface area contributed by atoms with E-state index in [1.165, 1.54) is 0 Å². The van der Waals surface area contributed by atoms with Gasteiger partial charge in [0, 0.05) is 25.6 Å². The highest BCUT2D eigenvalue weighted by Crippen LogP contribution is 2.04. The normalized spacial score (nSPS) is 12.5. The van der Waals surface area contributed by atoms with Gasteiger partial charge in [-0.1, -0.05) is 13.8 Å². The first-order chi connectivity index (χ1) is 7.11. The van der Waals surface area contributed by atoms with E-state index in [1.807, 2.05) is 11.8 Å². The quantitative estimate of drug-likeness (QED) is 0.673. The number of nitrogens with two attached hydrogens (primary N) is 1. The molecule has 1 amide bonds. The SMILES string of the molecule is CCCN(CCC)C(=O)CCCC(C)N. The second kappa shape index (κ2) is 8.72. The minimum absolute atomic E-state index is 0.212. The van der Waals surface area contributed by atoms with Crippen molar-refractivity contribution in [3.05, 3.63) is 0 Å². The molecular formula is C12H26N2O. The largest absolute Gasteiger partial charge is 0.343 e. The van der Waals surface area contributed by atoms with Gasteiger partial charge in [0.2, 0.25) is 5.91 Å². The van der Waals surface area contributed by atoms with Crippen molar-refractivity contribution in [2.75, 3.05) is 13.1 Å². The Kier molecular flexibility index (Phi) is 8.38. The summed E-state index contributed by atoms with van der Waals surface area (Å²) in [7, 11) is 0. The number of amides is 1. The van der Waals surface area contributed by atoms with Crippen molar-refractivity contribution >= 4 is 5.91 Å². The highest BCUT2D eigenvalue weighted by Gasteiger charge is 2.10.